The number of rotatable bonds is 6. The highest BCUT2D eigenvalue weighted by molar-refractivity contribution is 5.74. The van der Waals surface area contributed by atoms with Crippen LogP contribution in [0.2, 0.25) is 0 Å². The Morgan fingerprint density at radius 1 is 0.957 bits per heavy atom. The van der Waals surface area contributed by atoms with Crippen LogP contribution in [-0.2, 0) is 6.54 Å². The zero-order valence-electron chi connectivity index (χ0n) is 12.7. The van der Waals surface area contributed by atoms with Crippen molar-refractivity contribution < 1.29 is 0 Å². The summed E-state index contributed by atoms with van der Waals surface area (Å²) in [6.45, 7) is 2.43. The van der Waals surface area contributed by atoms with Gasteiger partial charge in [0.15, 0.2) is 0 Å². The van der Waals surface area contributed by atoms with E-state index in [-0.39, 0.29) is 6.04 Å². The fourth-order valence-electron chi connectivity index (χ4n) is 2.43. The van der Waals surface area contributed by atoms with Crippen molar-refractivity contribution in [3.05, 3.63) is 86.4 Å². The van der Waals surface area contributed by atoms with Crippen LogP contribution in [0, 0.1) is 0 Å². The third kappa shape index (κ3) is 3.13. The molecular formula is C18H17N3O2. The largest absolute Gasteiger partial charge is 0.376 e. The number of pyridine rings is 1. The van der Waals surface area contributed by atoms with E-state index in [0.29, 0.717) is 17.9 Å². The molecule has 0 aliphatic rings. The lowest BCUT2D eigenvalue weighted by molar-refractivity contribution is 0.878. The van der Waals surface area contributed by atoms with Gasteiger partial charge in [0.1, 0.15) is 11.4 Å². The van der Waals surface area contributed by atoms with Crippen LogP contribution in [0.3, 0.4) is 0 Å². The summed E-state index contributed by atoms with van der Waals surface area (Å²) in [6.07, 6.45) is 3.38. The van der Waals surface area contributed by atoms with Gasteiger partial charge in [0, 0.05) is 25.0 Å². The van der Waals surface area contributed by atoms with Gasteiger partial charge in [-0.3, -0.25) is 14.6 Å². The van der Waals surface area contributed by atoms with Crippen LogP contribution in [-0.4, -0.2) is 4.98 Å². The normalized spacial score (nSPS) is 12.0. The second-order valence-corrected chi connectivity index (χ2v) is 5.39. The molecule has 1 heterocycles. The molecule has 0 saturated carbocycles. The molecule has 0 aliphatic heterocycles. The Kier molecular flexibility index (Phi) is 4.19. The van der Waals surface area contributed by atoms with E-state index < -0.39 is 10.9 Å². The lowest BCUT2D eigenvalue weighted by atomic mass is 10.1. The fraction of sp³-hybridized carbons (Fsp3) is 0.167. The molecule has 0 bridgehead atoms. The summed E-state index contributed by atoms with van der Waals surface area (Å²) < 4.78 is 0. The van der Waals surface area contributed by atoms with Crippen LogP contribution in [0.1, 0.15) is 24.1 Å². The maximum absolute atomic E-state index is 11.8. The van der Waals surface area contributed by atoms with Gasteiger partial charge in [0.2, 0.25) is 0 Å². The molecule has 23 heavy (non-hydrogen) atoms. The predicted molar refractivity (Wildman–Crippen MR) is 91.4 cm³/mol. The Hall–Kier alpha value is -2.95. The number of anilines is 2. The van der Waals surface area contributed by atoms with Crippen LogP contribution in [0.15, 0.2) is 64.4 Å². The van der Waals surface area contributed by atoms with E-state index in [0.717, 1.165) is 11.1 Å². The van der Waals surface area contributed by atoms with Gasteiger partial charge in [0.05, 0.1) is 0 Å². The van der Waals surface area contributed by atoms with Crippen molar-refractivity contribution >= 4 is 11.4 Å². The maximum Gasteiger partial charge on any atom is 0.253 e. The van der Waals surface area contributed by atoms with Crippen molar-refractivity contribution in [2.24, 2.45) is 0 Å². The Morgan fingerprint density at radius 3 is 2.30 bits per heavy atom. The van der Waals surface area contributed by atoms with Gasteiger partial charge in [-0.2, -0.15) is 0 Å². The first kappa shape index (κ1) is 15.0. The maximum atomic E-state index is 11.8. The summed E-state index contributed by atoms with van der Waals surface area (Å²) in [4.78, 5) is 27.6. The third-order valence-corrected chi connectivity index (χ3v) is 3.79. The molecule has 0 saturated heterocycles. The summed E-state index contributed by atoms with van der Waals surface area (Å²) in [5, 5.41) is 6.18. The van der Waals surface area contributed by atoms with Gasteiger partial charge in [-0.05, 0) is 30.2 Å². The highest BCUT2D eigenvalue weighted by Crippen LogP contribution is 2.22. The van der Waals surface area contributed by atoms with Gasteiger partial charge in [0.25, 0.3) is 10.9 Å². The summed E-state index contributed by atoms with van der Waals surface area (Å²) in [7, 11) is 0. The van der Waals surface area contributed by atoms with E-state index in [1.165, 1.54) is 0 Å². The zero-order chi connectivity index (χ0) is 16.2. The minimum atomic E-state index is -0.471. The highest BCUT2D eigenvalue weighted by Gasteiger charge is 2.22. The molecule has 0 aliphatic carbocycles. The standard InChI is InChI=1S/C18H17N3O2/c1-12(14-5-3-2-4-6-14)21-16-15(17(22)18(16)23)20-11-13-7-9-19-10-8-13/h2-10,12,20-21H,11H2,1H3/t12-/m0/s1. The van der Waals surface area contributed by atoms with Crippen molar-refractivity contribution in [1.82, 2.24) is 4.98 Å². The Bertz CT molecular complexity index is 853. The van der Waals surface area contributed by atoms with Crippen LogP contribution < -0.4 is 21.5 Å². The molecule has 116 valence electrons. The van der Waals surface area contributed by atoms with Crippen LogP contribution in [0.4, 0.5) is 11.4 Å². The number of hydrogen-bond acceptors (Lipinski definition) is 5. The summed E-state index contributed by atoms with van der Waals surface area (Å²) in [5.41, 5.74) is 1.83. The molecule has 0 spiro atoms. The summed E-state index contributed by atoms with van der Waals surface area (Å²) >= 11 is 0. The van der Waals surface area contributed by atoms with E-state index in [9.17, 15) is 9.59 Å². The molecule has 5 nitrogen and oxygen atoms in total. The fourth-order valence-corrected chi connectivity index (χ4v) is 2.43. The monoisotopic (exact) mass is 307 g/mol. The quantitative estimate of drug-likeness (QED) is 0.685. The number of nitrogens with one attached hydrogen (secondary N) is 2. The third-order valence-electron chi connectivity index (χ3n) is 3.79. The molecule has 5 heteroatoms. The van der Waals surface area contributed by atoms with Crippen molar-refractivity contribution in [3.63, 3.8) is 0 Å². The van der Waals surface area contributed by atoms with E-state index in [1.54, 1.807) is 12.4 Å². The number of benzene rings is 1. The molecule has 0 radical (unpaired) electrons. The molecule has 2 aromatic carbocycles. The molecule has 0 unspecified atom stereocenters. The number of aromatic nitrogens is 1. The topological polar surface area (TPSA) is 71.1 Å². The number of hydrogen-bond donors (Lipinski definition) is 2. The Morgan fingerprint density at radius 2 is 1.61 bits per heavy atom. The average Bonchev–Trinajstić information content (AvgIpc) is 2.62. The van der Waals surface area contributed by atoms with Gasteiger partial charge in [-0.25, -0.2) is 0 Å². The van der Waals surface area contributed by atoms with Crippen LogP contribution in [0.25, 0.3) is 0 Å². The molecule has 3 rings (SSSR count). The van der Waals surface area contributed by atoms with Crippen molar-refractivity contribution in [2.45, 2.75) is 19.5 Å². The van der Waals surface area contributed by atoms with E-state index in [4.69, 9.17) is 0 Å². The lowest BCUT2D eigenvalue weighted by Crippen LogP contribution is -2.37. The summed E-state index contributed by atoms with van der Waals surface area (Å²) in [6, 6.07) is 13.4. The first-order chi connectivity index (χ1) is 11.2. The number of nitrogens with zero attached hydrogens (tertiary/aromatic N) is 1. The van der Waals surface area contributed by atoms with E-state index in [2.05, 4.69) is 15.6 Å². The van der Waals surface area contributed by atoms with Crippen LogP contribution >= 0.6 is 0 Å². The first-order valence-corrected chi connectivity index (χ1v) is 7.44. The smallest absolute Gasteiger partial charge is 0.253 e. The SMILES string of the molecule is C[C@H](Nc1c(NCc2ccncc2)c(=O)c1=O)c1ccccc1. The Labute approximate surface area is 133 Å². The van der Waals surface area contributed by atoms with Gasteiger partial charge in [-0.15, -0.1) is 0 Å². The van der Waals surface area contributed by atoms with Gasteiger partial charge < -0.3 is 10.6 Å². The van der Waals surface area contributed by atoms with Crippen molar-refractivity contribution in [2.75, 3.05) is 10.6 Å². The first-order valence-electron chi connectivity index (χ1n) is 7.44. The summed E-state index contributed by atoms with van der Waals surface area (Å²) in [5.74, 6) is 0. The highest BCUT2D eigenvalue weighted by atomic mass is 16.2. The molecule has 0 amide bonds. The van der Waals surface area contributed by atoms with Crippen molar-refractivity contribution in [3.8, 4) is 0 Å². The lowest BCUT2D eigenvalue weighted by Gasteiger charge is -2.20. The van der Waals surface area contributed by atoms with E-state index >= 15 is 0 Å². The van der Waals surface area contributed by atoms with E-state index in [1.807, 2.05) is 49.4 Å². The predicted octanol–water partition coefficient (Wildman–Crippen LogP) is 2.46. The van der Waals surface area contributed by atoms with Crippen molar-refractivity contribution in [1.29, 1.82) is 0 Å². The molecule has 2 N–H and O–H groups in total. The average molecular weight is 307 g/mol. The Balaban J connectivity index is 1.73. The molecular weight excluding hydrogens is 290 g/mol. The van der Waals surface area contributed by atoms with Crippen LogP contribution in [0.5, 0.6) is 0 Å². The molecule has 1 atom stereocenters. The second-order valence-electron chi connectivity index (χ2n) is 5.39. The van der Waals surface area contributed by atoms with Gasteiger partial charge >= 0.3 is 0 Å². The minimum absolute atomic E-state index is 0.0547. The molecule has 3 aromatic rings. The molecule has 0 fully saturated rings. The zero-order valence-corrected chi connectivity index (χ0v) is 12.7. The second kappa shape index (κ2) is 6.44. The molecule has 1 aromatic heterocycles. The van der Waals surface area contributed by atoms with Gasteiger partial charge in [-0.1, -0.05) is 30.3 Å². The minimum Gasteiger partial charge on any atom is -0.376 e.